The summed E-state index contributed by atoms with van der Waals surface area (Å²) in [7, 11) is 0. The third kappa shape index (κ3) is 4.94. The van der Waals surface area contributed by atoms with Crippen LogP contribution in [0.1, 0.15) is 52.9 Å². The third-order valence-corrected chi connectivity index (χ3v) is 3.95. The first-order valence-electron chi connectivity index (χ1n) is 7.23. The summed E-state index contributed by atoms with van der Waals surface area (Å²) in [5.74, 6) is 0.144. The molecule has 1 fully saturated rings. The number of nitrogens with one attached hydrogen (secondary N) is 1. The van der Waals surface area contributed by atoms with E-state index in [2.05, 4.69) is 31.0 Å². The van der Waals surface area contributed by atoms with E-state index in [0.29, 0.717) is 19.1 Å². The Hall–Kier alpha value is -0.610. The van der Waals surface area contributed by atoms with Crippen LogP contribution in [0.25, 0.3) is 0 Å². The van der Waals surface area contributed by atoms with Gasteiger partial charge < -0.3 is 11.1 Å². The van der Waals surface area contributed by atoms with Crippen molar-refractivity contribution in [1.82, 2.24) is 10.2 Å². The lowest BCUT2D eigenvalue weighted by Crippen LogP contribution is -2.51. The monoisotopic (exact) mass is 255 g/mol. The van der Waals surface area contributed by atoms with E-state index in [9.17, 15) is 4.79 Å². The summed E-state index contributed by atoms with van der Waals surface area (Å²) < 4.78 is 0. The molecule has 0 bridgehead atoms. The standard InChI is InChI=1S/C14H29N3O/c1-4-14(2,3)16-13(18)11-17(10-6-9-15)12-7-5-8-12/h12H,4-11,15H2,1-3H3,(H,16,18). The Balaban J connectivity index is 2.41. The van der Waals surface area contributed by atoms with Crippen molar-refractivity contribution in [2.24, 2.45) is 5.73 Å². The maximum atomic E-state index is 12.1. The number of nitrogens with two attached hydrogens (primary N) is 1. The van der Waals surface area contributed by atoms with Crippen LogP contribution >= 0.6 is 0 Å². The van der Waals surface area contributed by atoms with Gasteiger partial charge in [0.1, 0.15) is 0 Å². The van der Waals surface area contributed by atoms with Gasteiger partial charge in [0, 0.05) is 18.1 Å². The van der Waals surface area contributed by atoms with Crippen LogP contribution in [0.4, 0.5) is 0 Å². The molecule has 4 nitrogen and oxygen atoms in total. The minimum Gasteiger partial charge on any atom is -0.350 e. The van der Waals surface area contributed by atoms with E-state index < -0.39 is 0 Å². The minimum absolute atomic E-state index is 0.101. The van der Waals surface area contributed by atoms with Crippen LogP contribution in [0, 0.1) is 0 Å². The van der Waals surface area contributed by atoms with E-state index in [1.807, 2.05) is 0 Å². The quantitative estimate of drug-likeness (QED) is 0.691. The van der Waals surface area contributed by atoms with Gasteiger partial charge in [0.05, 0.1) is 6.54 Å². The fourth-order valence-corrected chi connectivity index (χ4v) is 2.13. The molecule has 0 aromatic heterocycles. The highest BCUT2D eigenvalue weighted by atomic mass is 16.2. The van der Waals surface area contributed by atoms with Crippen molar-refractivity contribution in [3.63, 3.8) is 0 Å². The molecule has 1 aliphatic rings. The largest absolute Gasteiger partial charge is 0.350 e. The average Bonchev–Trinajstić information content (AvgIpc) is 2.22. The maximum Gasteiger partial charge on any atom is 0.234 e. The Bertz CT molecular complexity index is 262. The number of amides is 1. The van der Waals surface area contributed by atoms with Gasteiger partial charge in [-0.25, -0.2) is 0 Å². The zero-order valence-corrected chi connectivity index (χ0v) is 12.2. The van der Waals surface area contributed by atoms with Crippen LogP contribution < -0.4 is 11.1 Å². The van der Waals surface area contributed by atoms with Gasteiger partial charge in [-0.3, -0.25) is 9.69 Å². The van der Waals surface area contributed by atoms with Gasteiger partial charge in [-0.1, -0.05) is 13.3 Å². The molecule has 106 valence electrons. The molecule has 0 spiro atoms. The fraction of sp³-hybridized carbons (Fsp3) is 0.929. The predicted molar refractivity (Wildman–Crippen MR) is 75.4 cm³/mol. The lowest BCUT2D eigenvalue weighted by atomic mass is 9.91. The van der Waals surface area contributed by atoms with Crippen molar-refractivity contribution in [1.29, 1.82) is 0 Å². The predicted octanol–water partition coefficient (Wildman–Crippen LogP) is 1.49. The molecule has 4 heteroatoms. The lowest BCUT2D eigenvalue weighted by molar-refractivity contribution is -0.124. The number of nitrogens with zero attached hydrogens (tertiary/aromatic N) is 1. The van der Waals surface area contributed by atoms with E-state index in [-0.39, 0.29) is 11.4 Å². The summed E-state index contributed by atoms with van der Waals surface area (Å²) in [6, 6.07) is 0.604. The summed E-state index contributed by atoms with van der Waals surface area (Å²) in [4.78, 5) is 14.4. The number of hydrogen-bond donors (Lipinski definition) is 2. The SMILES string of the molecule is CCC(C)(C)NC(=O)CN(CCCN)C1CCC1. The highest BCUT2D eigenvalue weighted by Gasteiger charge is 2.27. The topological polar surface area (TPSA) is 58.4 Å². The number of rotatable bonds is 8. The molecular formula is C14H29N3O. The molecular weight excluding hydrogens is 226 g/mol. The second-order valence-corrected chi connectivity index (χ2v) is 5.98. The van der Waals surface area contributed by atoms with Crippen LogP contribution in [-0.2, 0) is 4.79 Å². The normalized spacial score (nSPS) is 16.7. The van der Waals surface area contributed by atoms with Gasteiger partial charge in [0.2, 0.25) is 5.91 Å². The average molecular weight is 255 g/mol. The number of carbonyl (C=O) groups excluding carboxylic acids is 1. The summed E-state index contributed by atoms with van der Waals surface area (Å²) in [6.07, 6.45) is 5.68. The second kappa shape index (κ2) is 7.10. The van der Waals surface area contributed by atoms with Gasteiger partial charge >= 0.3 is 0 Å². The molecule has 18 heavy (non-hydrogen) atoms. The molecule has 0 saturated heterocycles. The molecule has 0 unspecified atom stereocenters. The Kier molecular flexibility index (Phi) is 6.09. The molecule has 0 aromatic rings. The summed E-state index contributed by atoms with van der Waals surface area (Å²) in [6.45, 7) is 8.40. The van der Waals surface area contributed by atoms with Crippen molar-refractivity contribution >= 4 is 5.91 Å². The first-order chi connectivity index (χ1) is 8.48. The maximum absolute atomic E-state index is 12.1. The molecule has 0 atom stereocenters. The first-order valence-corrected chi connectivity index (χ1v) is 7.23. The van der Waals surface area contributed by atoms with Crippen molar-refractivity contribution < 1.29 is 4.79 Å². The highest BCUT2D eigenvalue weighted by Crippen LogP contribution is 2.24. The van der Waals surface area contributed by atoms with Gasteiger partial charge in [0.15, 0.2) is 0 Å². The van der Waals surface area contributed by atoms with E-state index in [4.69, 9.17) is 5.73 Å². The zero-order chi connectivity index (χ0) is 13.6. The summed E-state index contributed by atoms with van der Waals surface area (Å²) in [5.41, 5.74) is 5.46. The molecule has 1 saturated carbocycles. The van der Waals surface area contributed by atoms with Crippen molar-refractivity contribution in [2.45, 2.75) is 64.5 Å². The van der Waals surface area contributed by atoms with E-state index >= 15 is 0 Å². The molecule has 0 aliphatic heterocycles. The zero-order valence-electron chi connectivity index (χ0n) is 12.2. The molecule has 0 aromatic carbocycles. The minimum atomic E-state index is -0.101. The van der Waals surface area contributed by atoms with E-state index in [0.717, 1.165) is 19.4 Å². The van der Waals surface area contributed by atoms with Crippen LogP contribution in [0.3, 0.4) is 0 Å². The molecule has 3 N–H and O–H groups in total. The Labute approximate surface area is 111 Å². The molecule has 0 heterocycles. The van der Waals surface area contributed by atoms with Gasteiger partial charge in [0.25, 0.3) is 0 Å². The van der Waals surface area contributed by atoms with Crippen LogP contribution in [0.2, 0.25) is 0 Å². The number of carbonyl (C=O) groups is 1. The Morgan fingerprint density at radius 2 is 2.11 bits per heavy atom. The van der Waals surface area contributed by atoms with Crippen LogP contribution in [-0.4, -0.2) is 42.0 Å². The van der Waals surface area contributed by atoms with Crippen molar-refractivity contribution in [2.75, 3.05) is 19.6 Å². The number of hydrogen-bond acceptors (Lipinski definition) is 3. The van der Waals surface area contributed by atoms with Gasteiger partial charge in [-0.05, 0) is 46.1 Å². The van der Waals surface area contributed by atoms with Gasteiger partial charge in [-0.15, -0.1) is 0 Å². The Morgan fingerprint density at radius 1 is 1.44 bits per heavy atom. The second-order valence-electron chi connectivity index (χ2n) is 5.98. The summed E-state index contributed by atoms with van der Waals surface area (Å²) in [5, 5.41) is 3.10. The summed E-state index contributed by atoms with van der Waals surface area (Å²) >= 11 is 0. The highest BCUT2D eigenvalue weighted by molar-refractivity contribution is 5.78. The van der Waals surface area contributed by atoms with E-state index in [1.165, 1.54) is 19.3 Å². The molecule has 1 amide bonds. The lowest BCUT2D eigenvalue weighted by Gasteiger charge is -2.38. The van der Waals surface area contributed by atoms with Crippen molar-refractivity contribution in [3.8, 4) is 0 Å². The van der Waals surface area contributed by atoms with Crippen LogP contribution in [0.5, 0.6) is 0 Å². The molecule has 1 rings (SSSR count). The van der Waals surface area contributed by atoms with E-state index in [1.54, 1.807) is 0 Å². The molecule has 0 radical (unpaired) electrons. The Morgan fingerprint density at radius 3 is 2.56 bits per heavy atom. The smallest absolute Gasteiger partial charge is 0.234 e. The third-order valence-electron chi connectivity index (χ3n) is 3.95. The van der Waals surface area contributed by atoms with Crippen molar-refractivity contribution in [3.05, 3.63) is 0 Å². The first kappa shape index (κ1) is 15.4. The van der Waals surface area contributed by atoms with Crippen LogP contribution in [0.15, 0.2) is 0 Å². The fourth-order valence-electron chi connectivity index (χ4n) is 2.13. The van der Waals surface area contributed by atoms with Gasteiger partial charge in [-0.2, -0.15) is 0 Å². The molecule has 1 aliphatic carbocycles.